The predicted molar refractivity (Wildman–Crippen MR) is 93.6 cm³/mol. The van der Waals surface area contributed by atoms with Crippen molar-refractivity contribution in [2.24, 2.45) is 5.92 Å². The summed E-state index contributed by atoms with van der Waals surface area (Å²) in [5, 5.41) is 3.74. The van der Waals surface area contributed by atoms with Crippen LogP contribution in [0.5, 0.6) is 0 Å². The summed E-state index contributed by atoms with van der Waals surface area (Å²) >= 11 is 5.94. The fraction of sp³-hybridized carbons (Fsp3) is 0.316. The molecule has 0 radical (unpaired) electrons. The van der Waals surface area contributed by atoms with Gasteiger partial charge in [-0.05, 0) is 49.1 Å². The van der Waals surface area contributed by atoms with Gasteiger partial charge >= 0.3 is 0 Å². The van der Waals surface area contributed by atoms with E-state index in [0.29, 0.717) is 5.02 Å². The Bertz CT molecular complexity index is 662. The fourth-order valence-electron chi connectivity index (χ4n) is 2.67. The first kappa shape index (κ1) is 16.6. The van der Waals surface area contributed by atoms with Crippen LogP contribution in [0.2, 0.25) is 5.02 Å². The third kappa shape index (κ3) is 3.89. The molecule has 0 fully saturated rings. The van der Waals surface area contributed by atoms with Crippen molar-refractivity contribution in [2.75, 3.05) is 5.32 Å². The van der Waals surface area contributed by atoms with Gasteiger partial charge in [-0.1, -0.05) is 55.3 Å². The van der Waals surface area contributed by atoms with Crippen LogP contribution in [-0.4, -0.2) is 5.91 Å². The van der Waals surface area contributed by atoms with E-state index in [0.717, 1.165) is 16.8 Å². The molecule has 1 amide bonds. The third-order valence-corrected chi connectivity index (χ3v) is 4.07. The maximum atomic E-state index is 12.7. The number of halogens is 1. The summed E-state index contributed by atoms with van der Waals surface area (Å²) in [4.78, 5) is 12.7. The smallest absolute Gasteiger partial charge is 0.232 e. The lowest BCUT2D eigenvalue weighted by Gasteiger charge is -2.21. The predicted octanol–water partition coefficient (Wildman–Crippen LogP) is 5.34. The van der Waals surface area contributed by atoms with Gasteiger partial charge in [-0.3, -0.25) is 4.79 Å². The Balaban J connectivity index is 2.25. The van der Waals surface area contributed by atoms with E-state index in [9.17, 15) is 4.79 Å². The minimum absolute atomic E-state index is 0.0178. The van der Waals surface area contributed by atoms with Crippen LogP contribution in [0.15, 0.2) is 42.5 Å². The molecule has 0 heterocycles. The van der Waals surface area contributed by atoms with E-state index in [2.05, 4.69) is 25.2 Å². The number of amides is 1. The van der Waals surface area contributed by atoms with Crippen molar-refractivity contribution in [3.05, 3.63) is 64.2 Å². The van der Waals surface area contributed by atoms with E-state index in [4.69, 9.17) is 11.6 Å². The van der Waals surface area contributed by atoms with E-state index in [1.165, 1.54) is 5.56 Å². The molecule has 2 aromatic carbocycles. The van der Waals surface area contributed by atoms with Gasteiger partial charge in [0.25, 0.3) is 0 Å². The van der Waals surface area contributed by atoms with Crippen molar-refractivity contribution >= 4 is 23.2 Å². The molecule has 0 spiro atoms. The normalized spacial score (nSPS) is 12.3. The average Bonchev–Trinajstić information content (AvgIpc) is 2.44. The van der Waals surface area contributed by atoms with Crippen LogP contribution in [0.25, 0.3) is 0 Å². The van der Waals surface area contributed by atoms with Crippen molar-refractivity contribution in [1.82, 2.24) is 0 Å². The van der Waals surface area contributed by atoms with Crippen molar-refractivity contribution in [2.45, 2.75) is 33.6 Å². The quantitative estimate of drug-likeness (QED) is 0.811. The molecule has 2 rings (SSSR count). The molecule has 1 atom stereocenters. The number of aryl methyl sites for hydroxylation is 2. The lowest BCUT2D eigenvalue weighted by molar-refractivity contribution is -0.118. The number of benzene rings is 2. The first-order valence-electron chi connectivity index (χ1n) is 7.52. The highest BCUT2D eigenvalue weighted by atomic mass is 35.5. The highest BCUT2D eigenvalue weighted by molar-refractivity contribution is 6.30. The van der Waals surface area contributed by atoms with Gasteiger partial charge in [0.15, 0.2) is 0 Å². The monoisotopic (exact) mass is 315 g/mol. The molecule has 0 saturated carbocycles. The zero-order chi connectivity index (χ0) is 16.3. The van der Waals surface area contributed by atoms with Crippen LogP contribution in [0.1, 0.15) is 36.5 Å². The Morgan fingerprint density at radius 1 is 1.05 bits per heavy atom. The zero-order valence-electron chi connectivity index (χ0n) is 13.5. The summed E-state index contributed by atoms with van der Waals surface area (Å²) in [6.07, 6.45) is 0. The summed E-state index contributed by atoms with van der Waals surface area (Å²) < 4.78 is 0. The van der Waals surface area contributed by atoms with Crippen LogP contribution in [0, 0.1) is 19.8 Å². The number of carbonyl (C=O) groups is 1. The maximum Gasteiger partial charge on any atom is 0.232 e. The van der Waals surface area contributed by atoms with Gasteiger partial charge < -0.3 is 5.32 Å². The molecule has 0 aliphatic carbocycles. The molecule has 1 N–H and O–H groups in total. The first-order valence-corrected chi connectivity index (χ1v) is 7.90. The van der Waals surface area contributed by atoms with Crippen LogP contribution in [0.3, 0.4) is 0 Å². The molecule has 0 saturated heterocycles. The summed E-state index contributed by atoms with van der Waals surface area (Å²) in [5.41, 5.74) is 4.12. The number of rotatable bonds is 4. The Morgan fingerprint density at radius 2 is 1.68 bits per heavy atom. The topological polar surface area (TPSA) is 29.1 Å². The van der Waals surface area contributed by atoms with Gasteiger partial charge in [0.05, 0.1) is 5.92 Å². The lowest BCUT2D eigenvalue weighted by Crippen LogP contribution is -2.25. The summed E-state index contributed by atoms with van der Waals surface area (Å²) in [5.74, 6) is 0.0224. The zero-order valence-corrected chi connectivity index (χ0v) is 14.2. The minimum Gasteiger partial charge on any atom is -0.325 e. The van der Waals surface area contributed by atoms with Gasteiger partial charge in [-0.2, -0.15) is 0 Å². The Morgan fingerprint density at radius 3 is 2.23 bits per heavy atom. The number of carbonyl (C=O) groups excluding carboxylic acids is 1. The minimum atomic E-state index is -0.196. The molecule has 0 aromatic heterocycles. The highest BCUT2D eigenvalue weighted by Crippen LogP contribution is 2.28. The molecule has 0 aliphatic rings. The molecular formula is C19H22ClNO. The van der Waals surface area contributed by atoms with Gasteiger partial charge in [0, 0.05) is 10.7 Å². The second-order valence-corrected chi connectivity index (χ2v) is 6.52. The Hall–Kier alpha value is -1.80. The molecule has 116 valence electrons. The van der Waals surface area contributed by atoms with E-state index in [-0.39, 0.29) is 17.7 Å². The van der Waals surface area contributed by atoms with Crippen molar-refractivity contribution in [3.63, 3.8) is 0 Å². The Labute approximate surface area is 137 Å². The lowest BCUT2D eigenvalue weighted by atomic mass is 9.87. The Kier molecular flexibility index (Phi) is 5.25. The molecule has 3 heteroatoms. The van der Waals surface area contributed by atoms with Crippen LogP contribution in [0.4, 0.5) is 5.69 Å². The SMILES string of the molecule is Cc1ccc(NC(=O)[C@@H](c2ccc(Cl)cc2)C(C)C)c(C)c1. The van der Waals surface area contributed by atoms with Gasteiger partial charge in [0.2, 0.25) is 5.91 Å². The molecule has 2 nitrogen and oxygen atoms in total. The largest absolute Gasteiger partial charge is 0.325 e. The second kappa shape index (κ2) is 6.97. The van der Waals surface area contributed by atoms with Crippen LogP contribution < -0.4 is 5.32 Å². The molecule has 0 unspecified atom stereocenters. The highest BCUT2D eigenvalue weighted by Gasteiger charge is 2.24. The van der Waals surface area contributed by atoms with E-state index >= 15 is 0 Å². The molecule has 0 bridgehead atoms. The van der Waals surface area contributed by atoms with Crippen LogP contribution in [-0.2, 0) is 4.79 Å². The molecule has 22 heavy (non-hydrogen) atoms. The van der Waals surface area contributed by atoms with Crippen molar-refractivity contribution in [1.29, 1.82) is 0 Å². The average molecular weight is 316 g/mol. The molecule has 2 aromatic rings. The van der Waals surface area contributed by atoms with Gasteiger partial charge in [-0.25, -0.2) is 0 Å². The summed E-state index contributed by atoms with van der Waals surface area (Å²) in [6.45, 7) is 8.17. The summed E-state index contributed by atoms with van der Waals surface area (Å²) in [6, 6.07) is 13.6. The van der Waals surface area contributed by atoms with Crippen LogP contribution >= 0.6 is 11.6 Å². The second-order valence-electron chi connectivity index (χ2n) is 6.08. The van der Waals surface area contributed by atoms with Crippen molar-refractivity contribution in [3.8, 4) is 0 Å². The van der Waals surface area contributed by atoms with Crippen molar-refractivity contribution < 1.29 is 4.79 Å². The summed E-state index contributed by atoms with van der Waals surface area (Å²) in [7, 11) is 0. The fourth-order valence-corrected chi connectivity index (χ4v) is 2.80. The number of hydrogen-bond donors (Lipinski definition) is 1. The van der Waals surface area contributed by atoms with E-state index in [1.807, 2.05) is 50.2 Å². The maximum absolute atomic E-state index is 12.7. The first-order chi connectivity index (χ1) is 10.4. The molecule has 0 aliphatic heterocycles. The number of hydrogen-bond acceptors (Lipinski definition) is 1. The van der Waals surface area contributed by atoms with E-state index in [1.54, 1.807) is 0 Å². The van der Waals surface area contributed by atoms with Gasteiger partial charge in [0.1, 0.15) is 0 Å². The third-order valence-electron chi connectivity index (χ3n) is 3.82. The number of anilines is 1. The standard InChI is InChI=1S/C19H22ClNO/c1-12(2)18(15-6-8-16(20)9-7-15)19(22)21-17-10-5-13(3)11-14(17)4/h5-12,18H,1-4H3,(H,21,22)/t18-/m1/s1. The van der Waals surface area contributed by atoms with E-state index < -0.39 is 0 Å². The van der Waals surface area contributed by atoms with Gasteiger partial charge in [-0.15, -0.1) is 0 Å². The number of nitrogens with one attached hydrogen (secondary N) is 1. The molecular weight excluding hydrogens is 294 g/mol.